The maximum atomic E-state index is 11.6. The molecule has 0 saturated carbocycles. The molecule has 1 amide bonds. The van der Waals surface area contributed by atoms with E-state index in [4.69, 9.17) is 15.3 Å². The molecule has 1 heterocycles. The van der Waals surface area contributed by atoms with Gasteiger partial charge in [-0.3, -0.25) is 14.6 Å². The van der Waals surface area contributed by atoms with E-state index in [1.165, 1.54) is 0 Å². The lowest BCUT2D eigenvalue weighted by molar-refractivity contribution is -0.124. The molecule has 106 valence electrons. The molecule has 6 N–H and O–H groups in total. The Kier molecular flexibility index (Phi) is 4.98. The van der Waals surface area contributed by atoms with E-state index in [0.29, 0.717) is 0 Å². The number of rotatable bonds is 6. The second-order valence-electron chi connectivity index (χ2n) is 4.09. The van der Waals surface area contributed by atoms with Gasteiger partial charge in [0.05, 0.1) is 26.2 Å². The number of hydrogen-bond donors (Lipinski definition) is 6. The first-order chi connectivity index (χ1) is 8.94. The fraction of sp³-hybridized carbons (Fsp3) is 0.500. The molecule has 0 aliphatic heterocycles. The van der Waals surface area contributed by atoms with Gasteiger partial charge in [0.25, 0.3) is 5.56 Å². The smallest absolute Gasteiger partial charge is 0.325 e. The van der Waals surface area contributed by atoms with Crippen molar-refractivity contribution in [2.24, 2.45) is 0 Å². The van der Waals surface area contributed by atoms with E-state index in [1.807, 2.05) is 4.98 Å². The van der Waals surface area contributed by atoms with Gasteiger partial charge in [-0.05, 0) is 0 Å². The summed E-state index contributed by atoms with van der Waals surface area (Å²) in [5.41, 5.74) is -2.86. The number of nitrogens with one attached hydrogen (secondary N) is 3. The van der Waals surface area contributed by atoms with Crippen LogP contribution in [0.2, 0.25) is 0 Å². The van der Waals surface area contributed by atoms with Crippen molar-refractivity contribution < 1.29 is 20.1 Å². The fourth-order valence-electron chi connectivity index (χ4n) is 1.40. The van der Waals surface area contributed by atoms with E-state index < -0.39 is 42.5 Å². The number of amides is 1. The van der Waals surface area contributed by atoms with E-state index in [9.17, 15) is 14.4 Å². The second-order valence-corrected chi connectivity index (χ2v) is 4.09. The van der Waals surface area contributed by atoms with Crippen LogP contribution in [0.15, 0.2) is 15.7 Å². The average molecular weight is 273 g/mol. The normalized spacial score (nSPS) is 11.3. The van der Waals surface area contributed by atoms with Crippen LogP contribution in [0.1, 0.15) is 5.69 Å². The molecule has 1 aromatic rings. The van der Waals surface area contributed by atoms with Gasteiger partial charge >= 0.3 is 5.69 Å². The minimum Gasteiger partial charge on any atom is -0.394 e. The third-order valence-electron chi connectivity index (χ3n) is 2.48. The lowest BCUT2D eigenvalue weighted by Crippen LogP contribution is -2.57. The van der Waals surface area contributed by atoms with E-state index >= 15 is 0 Å². The quantitative estimate of drug-likeness (QED) is 0.315. The highest BCUT2D eigenvalue weighted by atomic mass is 16.3. The summed E-state index contributed by atoms with van der Waals surface area (Å²) in [6, 6.07) is 1.04. The van der Waals surface area contributed by atoms with Crippen molar-refractivity contribution in [3.63, 3.8) is 0 Å². The molecule has 0 fully saturated rings. The molecular weight excluding hydrogens is 258 g/mol. The first kappa shape index (κ1) is 15.1. The monoisotopic (exact) mass is 273 g/mol. The minimum atomic E-state index is -1.54. The van der Waals surface area contributed by atoms with Crippen molar-refractivity contribution in [1.82, 2.24) is 15.3 Å². The second kappa shape index (κ2) is 6.27. The van der Waals surface area contributed by atoms with Crippen molar-refractivity contribution in [1.29, 1.82) is 0 Å². The Hall–Kier alpha value is -1.97. The molecule has 0 bridgehead atoms. The summed E-state index contributed by atoms with van der Waals surface area (Å²) >= 11 is 0. The van der Waals surface area contributed by atoms with Gasteiger partial charge in [-0.2, -0.15) is 0 Å². The molecule has 9 heteroatoms. The van der Waals surface area contributed by atoms with Crippen LogP contribution in [0.4, 0.5) is 0 Å². The molecular formula is C10H15N3O6. The molecule has 0 aliphatic rings. The molecule has 1 aromatic heterocycles. The molecule has 0 aromatic carbocycles. The summed E-state index contributed by atoms with van der Waals surface area (Å²) in [5, 5.41) is 29.3. The van der Waals surface area contributed by atoms with Gasteiger partial charge in [-0.25, -0.2) is 4.79 Å². The molecule has 9 nitrogen and oxygen atoms in total. The van der Waals surface area contributed by atoms with Gasteiger partial charge in [-0.15, -0.1) is 0 Å². The lowest BCUT2D eigenvalue weighted by atomic mass is 10.0. The third-order valence-corrected chi connectivity index (χ3v) is 2.48. The molecule has 1 rings (SSSR count). The highest BCUT2D eigenvalue weighted by Crippen LogP contribution is 2.02. The van der Waals surface area contributed by atoms with Gasteiger partial charge < -0.3 is 25.6 Å². The maximum absolute atomic E-state index is 11.6. The largest absolute Gasteiger partial charge is 0.394 e. The standard InChI is InChI=1S/C10H15N3O6/c14-3-10(4-15,5-16)13-8(18)2-6-1-7(17)12-9(19)11-6/h1,14-16H,2-5H2,(H,13,18)(H2,11,12,17,19). The van der Waals surface area contributed by atoms with Crippen LogP contribution in [0.25, 0.3) is 0 Å². The Morgan fingerprint density at radius 2 is 1.74 bits per heavy atom. The van der Waals surface area contributed by atoms with Crippen LogP contribution in [0.5, 0.6) is 0 Å². The zero-order chi connectivity index (χ0) is 14.5. The fourth-order valence-corrected chi connectivity index (χ4v) is 1.40. The Labute approximate surface area is 106 Å². The number of H-pyrrole nitrogens is 2. The number of aromatic amines is 2. The number of aliphatic hydroxyl groups excluding tert-OH is 3. The van der Waals surface area contributed by atoms with Crippen molar-refractivity contribution in [3.8, 4) is 0 Å². The number of hydrogen-bond acceptors (Lipinski definition) is 6. The number of aromatic nitrogens is 2. The Morgan fingerprint density at radius 3 is 2.21 bits per heavy atom. The minimum absolute atomic E-state index is 0.0777. The van der Waals surface area contributed by atoms with E-state index in [-0.39, 0.29) is 12.1 Å². The Balaban J connectivity index is 2.80. The maximum Gasteiger partial charge on any atom is 0.325 e. The average Bonchev–Trinajstić information content (AvgIpc) is 2.35. The third kappa shape index (κ3) is 4.02. The molecule has 0 spiro atoms. The summed E-state index contributed by atoms with van der Waals surface area (Å²) < 4.78 is 0. The van der Waals surface area contributed by atoms with Crippen LogP contribution in [-0.4, -0.2) is 56.6 Å². The lowest BCUT2D eigenvalue weighted by Gasteiger charge is -2.28. The van der Waals surface area contributed by atoms with Crippen LogP contribution in [0.3, 0.4) is 0 Å². The summed E-state index contributed by atoms with van der Waals surface area (Å²) in [6.45, 7) is -1.97. The summed E-state index contributed by atoms with van der Waals surface area (Å²) in [6.07, 6.45) is -0.332. The van der Waals surface area contributed by atoms with Crippen LogP contribution >= 0.6 is 0 Å². The first-order valence-corrected chi connectivity index (χ1v) is 5.41. The van der Waals surface area contributed by atoms with Crippen LogP contribution in [-0.2, 0) is 11.2 Å². The summed E-state index contributed by atoms with van der Waals surface area (Å²) in [7, 11) is 0. The van der Waals surface area contributed by atoms with Crippen LogP contribution < -0.4 is 16.6 Å². The number of carbonyl (C=O) groups excluding carboxylic acids is 1. The van der Waals surface area contributed by atoms with Crippen molar-refractivity contribution in [2.75, 3.05) is 19.8 Å². The van der Waals surface area contributed by atoms with Crippen molar-refractivity contribution in [3.05, 3.63) is 32.6 Å². The number of aliphatic hydroxyl groups is 3. The molecule has 0 aliphatic carbocycles. The Morgan fingerprint density at radius 1 is 1.16 bits per heavy atom. The predicted molar refractivity (Wildman–Crippen MR) is 63.5 cm³/mol. The zero-order valence-electron chi connectivity index (χ0n) is 9.97. The van der Waals surface area contributed by atoms with Gasteiger partial charge in [0, 0.05) is 11.8 Å². The van der Waals surface area contributed by atoms with Gasteiger partial charge in [0.1, 0.15) is 5.54 Å². The van der Waals surface area contributed by atoms with E-state index in [2.05, 4.69) is 10.3 Å². The van der Waals surface area contributed by atoms with Gasteiger partial charge in [0.15, 0.2) is 0 Å². The molecule has 0 unspecified atom stereocenters. The van der Waals surface area contributed by atoms with Crippen molar-refractivity contribution >= 4 is 5.91 Å². The summed E-state index contributed by atoms with van der Waals surface area (Å²) in [4.78, 5) is 37.9. The zero-order valence-corrected chi connectivity index (χ0v) is 9.97. The molecule has 0 atom stereocenters. The first-order valence-electron chi connectivity index (χ1n) is 5.41. The van der Waals surface area contributed by atoms with Crippen LogP contribution in [0, 0.1) is 0 Å². The topological polar surface area (TPSA) is 156 Å². The van der Waals surface area contributed by atoms with Crippen molar-refractivity contribution in [2.45, 2.75) is 12.0 Å². The highest BCUT2D eigenvalue weighted by molar-refractivity contribution is 5.78. The number of carbonyl (C=O) groups is 1. The SMILES string of the molecule is O=C(Cc1cc(=O)[nH]c(=O)[nH]1)NC(CO)(CO)CO. The van der Waals surface area contributed by atoms with E-state index in [0.717, 1.165) is 6.07 Å². The van der Waals surface area contributed by atoms with Gasteiger partial charge in [0.2, 0.25) is 5.91 Å². The Bertz CT molecular complexity index is 508. The molecule has 19 heavy (non-hydrogen) atoms. The predicted octanol–water partition coefficient (Wildman–Crippen LogP) is -3.56. The highest BCUT2D eigenvalue weighted by Gasteiger charge is 2.29. The molecule has 0 radical (unpaired) electrons. The summed E-state index contributed by atoms with van der Waals surface area (Å²) in [5.74, 6) is -0.668. The van der Waals surface area contributed by atoms with E-state index in [1.54, 1.807) is 0 Å². The van der Waals surface area contributed by atoms with Gasteiger partial charge in [-0.1, -0.05) is 0 Å². The molecule has 0 saturated heterocycles.